The van der Waals surface area contributed by atoms with Crippen molar-refractivity contribution >= 4 is 17.6 Å². The molecule has 92 valence electrons. The van der Waals surface area contributed by atoms with Crippen LogP contribution in [0.1, 0.15) is 18.4 Å². The Bertz CT molecular complexity index is 530. The summed E-state index contributed by atoms with van der Waals surface area (Å²) in [5.41, 5.74) is 1.28. The van der Waals surface area contributed by atoms with Crippen molar-refractivity contribution in [2.45, 2.75) is 12.8 Å². The number of carbonyl (C=O) groups excluding carboxylic acids is 1. The van der Waals surface area contributed by atoms with Crippen LogP contribution in [-0.2, 0) is 9.59 Å². The number of carbonyl (C=O) groups is 2. The second-order valence-electron chi connectivity index (χ2n) is 4.34. The Balaban J connectivity index is 2.03. The highest BCUT2D eigenvalue weighted by Gasteiger charge is 2.41. The van der Waals surface area contributed by atoms with E-state index < -0.39 is 17.8 Å². The van der Waals surface area contributed by atoms with Gasteiger partial charge in [-0.1, -0.05) is 12.0 Å². The minimum atomic E-state index is -0.904. The number of hydrogen-bond acceptors (Lipinski definition) is 2. The predicted octanol–water partition coefficient (Wildman–Crippen LogP) is 1.72. The van der Waals surface area contributed by atoms with Gasteiger partial charge in [-0.2, -0.15) is 0 Å². The van der Waals surface area contributed by atoms with Crippen molar-refractivity contribution in [1.29, 1.82) is 0 Å². The van der Waals surface area contributed by atoms with Crippen molar-refractivity contribution in [3.8, 4) is 12.3 Å². The lowest BCUT2D eigenvalue weighted by Crippen LogP contribution is -2.41. The molecule has 2 N–H and O–H groups in total. The molecular weight excluding hydrogens is 230 g/mol. The molecule has 0 saturated heterocycles. The third-order valence-corrected chi connectivity index (χ3v) is 3.23. The third kappa shape index (κ3) is 2.35. The quantitative estimate of drug-likeness (QED) is 0.794. The lowest BCUT2D eigenvalue weighted by molar-refractivity contribution is -0.151. The molecule has 0 bridgehead atoms. The molecule has 1 aromatic rings. The fourth-order valence-corrected chi connectivity index (χ4v) is 2.03. The number of nitrogens with one attached hydrogen (secondary N) is 1. The molecule has 1 aliphatic carbocycles. The summed E-state index contributed by atoms with van der Waals surface area (Å²) in [4.78, 5) is 22.7. The molecule has 18 heavy (non-hydrogen) atoms. The Labute approximate surface area is 105 Å². The average molecular weight is 243 g/mol. The lowest BCUT2D eigenvalue weighted by Gasteiger charge is -2.31. The van der Waals surface area contributed by atoms with Crippen LogP contribution in [0.5, 0.6) is 0 Å². The van der Waals surface area contributed by atoms with E-state index in [4.69, 9.17) is 11.5 Å². The fraction of sp³-hybridized carbons (Fsp3) is 0.286. The Morgan fingerprint density at radius 1 is 1.33 bits per heavy atom. The topological polar surface area (TPSA) is 66.4 Å². The Kier molecular flexibility index (Phi) is 3.33. The van der Waals surface area contributed by atoms with E-state index in [0.717, 1.165) is 0 Å². The molecule has 1 fully saturated rings. The largest absolute Gasteiger partial charge is 0.481 e. The van der Waals surface area contributed by atoms with E-state index in [1.807, 2.05) is 0 Å². The molecule has 1 aromatic carbocycles. The van der Waals surface area contributed by atoms with Crippen molar-refractivity contribution in [3.05, 3.63) is 29.8 Å². The lowest BCUT2D eigenvalue weighted by atomic mass is 9.73. The summed E-state index contributed by atoms with van der Waals surface area (Å²) in [6.45, 7) is 0. The third-order valence-electron chi connectivity index (χ3n) is 3.23. The number of rotatable bonds is 3. The van der Waals surface area contributed by atoms with Gasteiger partial charge in [-0.05, 0) is 31.0 Å². The van der Waals surface area contributed by atoms with Gasteiger partial charge in [0.15, 0.2) is 0 Å². The van der Waals surface area contributed by atoms with Crippen LogP contribution >= 0.6 is 0 Å². The van der Waals surface area contributed by atoms with Gasteiger partial charge in [0.2, 0.25) is 5.91 Å². The van der Waals surface area contributed by atoms with Gasteiger partial charge in [-0.25, -0.2) is 0 Å². The van der Waals surface area contributed by atoms with Gasteiger partial charge in [0.05, 0.1) is 11.8 Å². The van der Waals surface area contributed by atoms with Crippen molar-refractivity contribution in [2.24, 2.45) is 11.8 Å². The second kappa shape index (κ2) is 4.92. The summed E-state index contributed by atoms with van der Waals surface area (Å²) < 4.78 is 0. The van der Waals surface area contributed by atoms with Crippen molar-refractivity contribution in [2.75, 3.05) is 5.32 Å². The Morgan fingerprint density at radius 3 is 2.61 bits per heavy atom. The first-order valence-corrected chi connectivity index (χ1v) is 5.72. The highest BCUT2D eigenvalue weighted by atomic mass is 16.4. The molecule has 2 rings (SSSR count). The minimum absolute atomic E-state index is 0.247. The number of aliphatic carboxylic acids is 1. The van der Waals surface area contributed by atoms with Gasteiger partial charge >= 0.3 is 5.97 Å². The molecule has 4 heteroatoms. The zero-order chi connectivity index (χ0) is 13.1. The number of terminal acetylenes is 1. The average Bonchev–Trinajstić information content (AvgIpc) is 2.26. The first-order chi connectivity index (χ1) is 8.61. The summed E-state index contributed by atoms with van der Waals surface area (Å²) in [7, 11) is 0. The summed E-state index contributed by atoms with van der Waals surface area (Å²) in [5.74, 6) is 0.340. The smallest absolute Gasteiger partial charge is 0.307 e. The van der Waals surface area contributed by atoms with Crippen molar-refractivity contribution < 1.29 is 14.7 Å². The van der Waals surface area contributed by atoms with E-state index in [1.54, 1.807) is 24.3 Å². The summed E-state index contributed by atoms with van der Waals surface area (Å²) >= 11 is 0. The molecule has 0 radical (unpaired) electrons. The maximum Gasteiger partial charge on any atom is 0.307 e. The van der Waals surface area contributed by atoms with Crippen LogP contribution < -0.4 is 5.32 Å². The standard InChI is InChI=1S/C14H13NO3/c1-2-9-4-3-5-10(8-9)15-13(16)11-6-7-12(11)14(17)18/h1,3-5,8,11-12H,6-7H2,(H,15,16)(H,17,18). The molecule has 0 aromatic heterocycles. The first kappa shape index (κ1) is 12.2. The number of benzene rings is 1. The van der Waals surface area contributed by atoms with E-state index >= 15 is 0 Å². The number of carboxylic acids is 1. The minimum Gasteiger partial charge on any atom is -0.481 e. The first-order valence-electron chi connectivity index (χ1n) is 5.72. The van der Waals surface area contributed by atoms with Crippen LogP contribution in [-0.4, -0.2) is 17.0 Å². The van der Waals surface area contributed by atoms with Crippen LogP contribution in [0, 0.1) is 24.2 Å². The Hall–Kier alpha value is -2.28. The molecule has 4 nitrogen and oxygen atoms in total. The van der Waals surface area contributed by atoms with Crippen LogP contribution in [0.4, 0.5) is 5.69 Å². The van der Waals surface area contributed by atoms with Gasteiger partial charge in [-0.3, -0.25) is 9.59 Å². The number of carboxylic acid groups (broad SMARTS) is 1. The molecule has 2 atom stereocenters. The van der Waals surface area contributed by atoms with E-state index in [2.05, 4.69) is 11.2 Å². The molecule has 1 aliphatic rings. The monoisotopic (exact) mass is 243 g/mol. The summed E-state index contributed by atoms with van der Waals surface area (Å²) in [5, 5.41) is 11.6. The Morgan fingerprint density at radius 2 is 2.06 bits per heavy atom. The number of hydrogen-bond donors (Lipinski definition) is 2. The SMILES string of the molecule is C#Cc1cccc(NC(=O)C2CCC2C(=O)O)c1. The molecule has 1 amide bonds. The van der Waals surface area contributed by atoms with Crippen molar-refractivity contribution in [3.63, 3.8) is 0 Å². The molecule has 2 unspecified atom stereocenters. The van der Waals surface area contributed by atoms with Crippen LogP contribution in [0.15, 0.2) is 24.3 Å². The number of anilines is 1. The van der Waals surface area contributed by atoms with Gasteiger partial charge in [-0.15, -0.1) is 6.42 Å². The molecule has 0 heterocycles. The summed E-state index contributed by atoms with van der Waals surface area (Å²) in [6.07, 6.45) is 6.46. The van der Waals surface area contributed by atoms with E-state index in [0.29, 0.717) is 24.1 Å². The zero-order valence-corrected chi connectivity index (χ0v) is 9.72. The van der Waals surface area contributed by atoms with Crippen LogP contribution in [0.2, 0.25) is 0 Å². The van der Waals surface area contributed by atoms with Gasteiger partial charge < -0.3 is 10.4 Å². The highest BCUT2D eigenvalue weighted by Crippen LogP contribution is 2.35. The molecule has 0 spiro atoms. The fourth-order valence-electron chi connectivity index (χ4n) is 2.03. The molecular formula is C14H13NO3. The van der Waals surface area contributed by atoms with E-state index in [1.165, 1.54) is 0 Å². The van der Waals surface area contributed by atoms with Crippen molar-refractivity contribution in [1.82, 2.24) is 0 Å². The van der Waals surface area contributed by atoms with Gasteiger partial charge in [0.1, 0.15) is 0 Å². The van der Waals surface area contributed by atoms with Gasteiger partial charge in [0, 0.05) is 11.3 Å². The second-order valence-corrected chi connectivity index (χ2v) is 4.34. The van der Waals surface area contributed by atoms with Gasteiger partial charge in [0.25, 0.3) is 0 Å². The molecule has 0 aliphatic heterocycles. The van der Waals surface area contributed by atoms with Crippen LogP contribution in [0.3, 0.4) is 0 Å². The number of amides is 1. The van der Waals surface area contributed by atoms with E-state index in [-0.39, 0.29) is 5.91 Å². The van der Waals surface area contributed by atoms with E-state index in [9.17, 15) is 9.59 Å². The zero-order valence-electron chi connectivity index (χ0n) is 9.72. The summed E-state index contributed by atoms with van der Waals surface area (Å²) in [6, 6.07) is 6.93. The maximum atomic E-state index is 11.9. The highest BCUT2D eigenvalue weighted by molar-refractivity contribution is 5.96. The maximum absolute atomic E-state index is 11.9. The normalized spacial score (nSPS) is 21.5. The molecule has 1 saturated carbocycles. The van der Waals surface area contributed by atoms with Crippen LogP contribution in [0.25, 0.3) is 0 Å². The predicted molar refractivity (Wildman–Crippen MR) is 66.9 cm³/mol.